The maximum atomic E-state index is 12.8. The first-order valence-corrected chi connectivity index (χ1v) is 11.1. The summed E-state index contributed by atoms with van der Waals surface area (Å²) in [7, 11) is 3.16. The molecular weight excluding hydrogens is 456 g/mol. The number of ether oxygens (including phenoxy) is 3. The zero-order chi connectivity index (χ0) is 24.5. The molecule has 0 radical (unpaired) electrons. The summed E-state index contributed by atoms with van der Waals surface area (Å²) in [4.78, 5) is 25.5. The minimum absolute atomic E-state index is 0.295. The predicted octanol–water partition coefficient (Wildman–Crippen LogP) is 4.74. The molecule has 0 spiro atoms. The first-order valence-electron chi connectivity index (χ1n) is 10.7. The second kappa shape index (κ2) is 12.0. The predicted molar refractivity (Wildman–Crippen MR) is 132 cm³/mol. The number of hydrogen-bond donors (Lipinski definition) is 2. The van der Waals surface area contributed by atoms with E-state index in [2.05, 4.69) is 10.6 Å². The highest BCUT2D eigenvalue weighted by molar-refractivity contribution is 6.32. The molecule has 2 amide bonds. The van der Waals surface area contributed by atoms with Crippen molar-refractivity contribution in [3.05, 3.63) is 82.9 Å². The van der Waals surface area contributed by atoms with E-state index in [1.54, 1.807) is 69.7 Å². The van der Waals surface area contributed by atoms with Crippen molar-refractivity contribution in [1.29, 1.82) is 0 Å². The van der Waals surface area contributed by atoms with Crippen LogP contribution in [-0.4, -0.2) is 38.7 Å². The van der Waals surface area contributed by atoms with Gasteiger partial charge in [-0.25, -0.2) is 0 Å². The van der Waals surface area contributed by atoms with Gasteiger partial charge < -0.3 is 24.8 Å². The van der Waals surface area contributed by atoms with Crippen LogP contribution in [0.25, 0.3) is 0 Å². The van der Waals surface area contributed by atoms with Crippen molar-refractivity contribution in [3.63, 3.8) is 0 Å². The van der Waals surface area contributed by atoms with Crippen molar-refractivity contribution < 1.29 is 23.8 Å². The van der Waals surface area contributed by atoms with Crippen molar-refractivity contribution in [3.8, 4) is 17.2 Å². The van der Waals surface area contributed by atoms with Crippen LogP contribution in [0.15, 0.2) is 66.7 Å². The fourth-order valence-electron chi connectivity index (χ4n) is 3.26. The van der Waals surface area contributed by atoms with Crippen LogP contribution in [0.1, 0.15) is 22.8 Å². The van der Waals surface area contributed by atoms with Crippen LogP contribution in [0.4, 0.5) is 5.69 Å². The molecule has 0 aliphatic carbocycles. The molecule has 0 saturated carbocycles. The van der Waals surface area contributed by atoms with Gasteiger partial charge in [-0.05, 0) is 55.3 Å². The molecule has 3 aromatic rings. The van der Waals surface area contributed by atoms with Gasteiger partial charge in [0.15, 0.2) is 17.6 Å². The topological polar surface area (TPSA) is 85.9 Å². The molecule has 34 heavy (non-hydrogen) atoms. The van der Waals surface area contributed by atoms with Crippen molar-refractivity contribution in [1.82, 2.24) is 5.32 Å². The van der Waals surface area contributed by atoms with Gasteiger partial charge in [-0.15, -0.1) is 0 Å². The van der Waals surface area contributed by atoms with E-state index in [0.29, 0.717) is 46.5 Å². The summed E-state index contributed by atoms with van der Waals surface area (Å²) in [5, 5.41) is 6.07. The van der Waals surface area contributed by atoms with Crippen molar-refractivity contribution >= 4 is 29.1 Å². The zero-order valence-electron chi connectivity index (χ0n) is 19.3. The zero-order valence-corrected chi connectivity index (χ0v) is 20.0. The summed E-state index contributed by atoms with van der Waals surface area (Å²) in [5.41, 5.74) is 1.74. The lowest BCUT2D eigenvalue weighted by atomic mass is 10.1. The summed E-state index contributed by atoms with van der Waals surface area (Å²) >= 11 is 6.10. The Balaban J connectivity index is 1.60. The molecule has 1 atom stereocenters. The number of rotatable bonds is 10. The third-order valence-corrected chi connectivity index (χ3v) is 5.40. The van der Waals surface area contributed by atoms with Gasteiger partial charge in [0.05, 0.1) is 30.5 Å². The van der Waals surface area contributed by atoms with Gasteiger partial charge in [0.25, 0.3) is 11.8 Å². The monoisotopic (exact) mass is 482 g/mol. The number of methoxy groups -OCH3 is 2. The number of halogens is 1. The SMILES string of the molecule is COc1ccc(CCNC(=O)c2ccccc2NC(=O)C(C)Oc2ccccc2Cl)cc1OC. The highest BCUT2D eigenvalue weighted by Gasteiger charge is 2.19. The highest BCUT2D eigenvalue weighted by atomic mass is 35.5. The number of carbonyl (C=O) groups excluding carboxylic acids is 2. The van der Waals surface area contributed by atoms with Crippen LogP contribution in [0, 0.1) is 0 Å². The van der Waals surface area contributed by atoms with Crippen LogP contribution in [0.5, 0.6) is 17.2 Å². The molecule has 178 valence electrons. The smallest absolute Gasteiger partial charge is 0.265 e. The molecule has 0 saturated heterocycles. The Morgan fingerprint density at radius 2 is 1.62 bits per heavy atom. The fourth-order valence-corrected chi connectivity index (χ4v) is 3.44. The van der Waals surface area contributed by atoms with Crippen molar-refractivity contribution in [2.45, 2.75) is 19.4 Å². The Morgan fingerprint density at radius 1 is 0.912 bits per heavy atom. The summed E-state index contributed by atoms with van der Waals surface area (Å²) in [6.45, 7) is 2.02. The van der Waals surface area contributed by atoms with Gasteiger partial charge in [0, 0.05) is 6.54 Å². The van der Waals surface area contributed by atoms with Crippen molar-refractivity contribution in [2.75, 3.05) is 26.1 Å². The van der Waals surface area contributed by atoms with Crippen molar-refractivity contribution in [2.24, 2.45) is 0 Å². The van der Waals surface area contributed by atoms with E-state index >= 15 is 0 Å². The van der Waals surface area contributed by atoms with Gasteiger partial charge in [-0.2, -0.15) is 0 Å². The molecular formula is C26H27ClN2O5. The third-order valence-electron chi connectivity index (χ3n) is 5.09. The van der Waals surface area contributed by atoms with Crippen LogP contribution in [0.2, 0.25) is 5.02 Å². The first kappa shape index (κ1) is 24.9. The average Bonchev–Trinajstić information content (AvgIpc) is 2.85. The summed E-state index contributed by atoms with van der Waals surface area (Å²) < 4.78 is 16.2. The van der Waals surface area contributed by atoms with E-state index < -0.39 is 12.0 Å². The largest absolute Gasteiger partial charge is 0.493 e. The number of benzene rings is 3. The lowest BCUT2D eigenvalue weighted by Crippen LogP contribution is -2.32. The summed E-state index contributed by atoms with van der Waals surface area (Å²) in [6.07, 6.45) is -0.218. The maximum absolute atomic E-state index is 12.8. The summed E-state index contributed by atoms with van der Waals surface area (Å²) in [5.74, 6) is 0.995. The Morgan fingerprint density at radius 3 is 2.35 bits per heavy atom. The molecule has 3 aromatic carbocycles. The van der Waals surface area contributed by atoms with Gasteiger partial charge in [0.1, 0.15) is 5.75 Å². The maximum Gasteiger partial charge on any atom is 0.265 e. The van der Waals surface area contributed by atoms with Gasteiger partial charge in [-0.1, -0.05) is 41.9 Å². The molecule has 1 unspecified atom stereocenters. The average molecular weight is 483 g/mol. The highest BCUT2D eigenvalue weighted by Crippen LogP contribution is 2.28. The normalized spacial score (nSPS) is 11.3. The molecule has 0 aliphatic heterocycles. The Bertz CT molecular complexity index is 1150. The fraction of sp³-hybridized carbons (Fsp3) is 0.231. The molecule has 0 fully saturated rings. The number of carbonyl (C=O) groups is 2. The molecule has 0 bridgehead atoms. The molecule has 0 aromatic heterocycles. The van der Waals surface area contributed by atoms with E-state index in [1.165, 1.54) is 0 Å². The van der Waals surface area contributed by atoms with E-state index in [-0.39, 0.29) is 5.91 Å². The molecule has 3 rings (SSSR count). The molecule has 8 heteroatoms. The van der Waals surface area contributed by atoms with Crippen LogP contribution in [0.3, 0.4) is 0 Å². The molecule has 2 N–H and O–H groups in total. The lowest BCUT2D eigenvalue weighted by molar-refractivity contribution is -0.122. The first-order chi connectivity index (χ1) is 16.4. The van der Waals surface area contributed by atoms with Crippen LogP contribution < -0.4 is 24.8 Å². The molecule has 0 aliphatic rings. The Labute approximate surface area is 204 Å². The molecule has 7 nitrogen and oxygen atoms in total. The number of anilines is 1. The summed E-state index contributed by atoms with van der Waals surface area (Å²) in [6, 6.07) is 19.3. The van der Waals surface area contributed by atoms with E-state index in [4.69, 9.17) is 25.8 Å². The van der Waals surface area contributed by atoms with E-state index in [1.807, 2.05) is 18.2 Å². The quantitative estimate of drug-likeness (QED) is 0.436. The lowest BCUT2D eigenvalue weighted by Gasteiger charge is -2.17. The van der Waals surface area contributed by atoms with Crippen LogP contribution in [-0.2, 0) is 11.2 Å². The van der Waals surface area contributed by atoms with E-state index in [9.17, 15) is 9.59 Å². The minimum Gasteiger partial charge on any atom is -0.493 e. The second-order valence-electron chi connectivity index (χ2n) is 7.42. The minimum atomic E-state index is -0.818. The number of hydrogen-bond acceptors (Lipinski definition) is 5. The van der Waals surface area contributed by atoms with E-state index in [0.717, 1.165) is 5.56 Å². The van der Waals surface area contributed by atoms with Gasteiger partial charge in [0.2, 0.25) is 0 Å². The third kappa shape index (κ3) is 6.42. The van der Waals surface area contributed by atoms with Gasteiger partial charge >= 0.3 is 0 Å². The van der Waals surface area contributed by atoms with Crippen LogP contribution >= 0.6 is 11.6 Å². The number of nitrogens with one attached hydrogen (secondary N) is 2. The Hall–Kier alpha value is -3.71. The molecule has 0 heterocycles. The standard InChI is InChI=1S/C26H27ClN2O5/c1-17(34-22-11-7-5-9-20(22)27)25(30)29-21-10-6-4-8-19(21)26(31)28-15-14-18-12-13-23(32-2)24(16-18)33-3/h4-13,16-17H,14-15H2,1-3H3,(H,28,31)(H,29,30). The second-order valence-corrected chi connectivity index (χ2v) is 7.83. The number of amides is 2. The van der Waals surface area contributed by atoms with Gasteiger partial charge in [-0.3, -0.25) is 9.59 Å². The number of para-hydroxylation sites is 2. The Kier molecular flexibility index (Phi) is 8.76.